The number of hydrogen-bond acceptors (Lipinski definition) is 8. The summed E-state index contributed by atoms with van der Waals surface area (Å²) in [5.74, 6) is -0.796. The fourth-order valence-corrected chi connectivity index (χ4v) is 3.90. The van der Waals surface area contributed by atoms with E-state index in [9.17, 15) is 19.1 Å². The Hall–Kier alpha value is -3.82. The van der Waals surface area contributed by atoms with Gasteiger partial charge in [-0.15, -0.1) is 0 Å². The number of ether oxygens (including phenoxy) is 3. The summed E-state index contributed by atoms with van der Waals surface area (Å²) < 4.78 is 29.9. The van der Waals surface area contributed by atoms with E-state index in [4.69, 9.17) is 19.3 Å². The SMILES string of the molecule is COc1cc(C(=O)C[C@@H](CCO)C(=O)c2ccc(OC)c(-c3ccc(F)c(C)c3)n2)ccc1OCCO. The van der Waals surface area contributed by atoms with Crippen LogP contribution in [0.1, 0.15) is 39.3 Å². The van der Waals surface area contributed by atoms with E-state index in [-0.39, 0.29) is 50.0 Å². The van der Waals surface area contributed by atoms with E-state index in [0.717, 1.165) is 0 Å². The van der Waals surface area contributed by atoms with Crippen molar-refractivity contribution in [3.05, 3.63) is 71.2 Å². The summed E-state index contributed by atoms with van der Waals surface area (Å²) in [5.41, 5.74) is 1.79. The monoisotopic (exact) mass is 511 g/mol. The number of aryl methyl sites for hydroxylation is 1. The summed E-state index contributed by atoms with van der Waals surface area (Å²) in [4.78, 5) is 31.0. The van der Waals surface area contributed by atoms with Crippen LogP contribution in [-0.2, 0) is 0 Å². The van der Waals surface area contributed by atoms with Gasteiger partial charge in [-0.2, -0.15) is 0 Å². The van der Waals surface area contributed by atoms with Crippen molar-refractivity contribution < 1.29 is 38.4 Å². The van der Waals surface area contributed by atoms with Gasteiger partial charge in [0.2, 0.25) is 0 Å². The maximum atomic E-state index is 13.8. The van der Waals surface area contributed by atoms with Gasteiger partial charge in [-0.1, -0.05) is 0 Å². The minimum absolute atomic E-state index is 0.0676. The molecule has 2 N–H and O–H groups in total. The molecular weight excluding hydrogens is 481 g/mol. The van der Waals surface area contributed by atoms with Gasteiger partial charge in [0.1, 0.15) is 29.6 Å². The van der Waals surface area contributed by atoms with E-state index < -0.39 is 11.7 Å². The minimum atomic E-state index is -0.822. The molecule has 3 rings (SSSR count). The number of aliphatic hydroxyl groups is 2. The molecule has 1 heterocycles. The predicted octanol–water partition coefficient (Wildman–Crippen LogP) is 4.04. The number of ketones is 2. The number of rotatable bonds is 13. The molecule has 0 aliphatic heterocycles. The molecule has 0 saturated carbocycles. The summed E-state index contributed by atoms with van der Waals surface area (Å²) in [5, 5.41) is 18.6. The number of aromatic nitrogens is 1. The molecule has 1 aromatic heterocycles. The van der Waals surface area contributed by atoms with Crippen molar-refractivity contribution >= 4 is 11.6 Å². The Morgan fingerprint density at radius 3 is 2.32 bits per heavy atom. The van der Waals surface area contributed by atoms with Gasteiger partial charge in [0, 0.05) is 30.1 Å². The number of nitrogens with zero attached hydrogens (tertiary/aromatic N) is 1. The standard InChI is InChI=1S/C28H30FNO7/c1-17-14-19(4-6-21(17)29)27-25(35-2)9-7-22(30-27)28(34)20(10-11-31)15-23(33)18-5-8-24(37-13-12-32)26(16-18)36-3/h4-9,14,16,20,31-32H,10-13,15H2,1-3H3/t20-/m1/s1. The first kappa shape index (κ1) is 27.8. The third kappa shape index (κ3) is 6.69. The van der Waals surface area contributed by atoms with E-state index in [1.807, 2.05) is 0 Å². The topological polar surface area (TPSA) is 115 Å². The molecule has 0 amide bonds. The van der Waals surface area contributed by atoms with Crippen LogP contribution in [0.3, 0.4) is 0 Å². The van der Waals surface area contributed by atoms with Crippen LogP contribution in [0.5, 0.6) is 17.2 Å². The van der Waals surface area contributed by atoms with Gasteiger partial charge in [-0.05, 0) is 67.4 Å². The second-order valence-electron chi connectivity index (χ2n) is 8.35. The molecule has 0 aliphatic carbocycles. The van der Waals surface area contributed by atoms with Crippen molar-refractivity contribution in [3.63, 3.8) is 0 Å². The molecule has 3 aromatic rings. The van der Waals surface area contributed by atoms with Crippen molar-refractivity contribution in [3.8, 4) is 28.5 Å². The minimum Gasteiger partial charge on any atom is -0.494 e. The number of methoxy groups -OCH3 is 2. The van der Waals surface area contributed by atoms with Crippen molar-refractivity contribution in [1.29, 1.82) is 0 Å². The molecular formula is C28H30FNO7. The molecule has 37 heavy (non-hydrogen) atoms. The highest BCUT2D eigenvalue weighted by molar-refractivity contribution is 6.03. The quantitative estimate of drug-likeness (QED) is 0.331. The van der Waals surface area contributed by atoms with Crippen LogP contribution in [0.25, 0.3) is 11.3 Å². The molecule has 8 nitrogen and oxygen atoms in total. The molecule has 0 saturated heterocycles. The average molecular weight is 512 g/mol. The van der Waals surface area contributed by atoms with Crippen LogP contribution in [0.4, 0.5) is 4.39 Å². The summed E-state index contributed by atoms with van der Waals surface area (Å²) in [6, 6.07) is 12.2. The van der Waals surface area contributed by atoms with Crippen LogP contribution < -0.4 is 14.2 Å². The Balaban J connectivity index is 1.88. The lowest BCUT2D eigenvalue weighted by Crippen LogP contribution is -2.21. The first-order valence-electron chi connectivity index (χ1n) is 11.7. The van der Waals surface area contributed by atoms with Crippen molar-refractivity contribution in [2.75, 3.05) is 34.0 Å². The van der Waals surface area contributed by atoms with Gasteiger partial charge < -0.3 is 24.4 Å². The highest BCUT2D eigenvalue weighted by atomic mass is 19.1. The van der Waals surface area contributed by atoms with Crippen LogP contribution in [-0.4, -0.2) is 60.8 Å². The third-order valence-electron chi connectivity index (χ3n) is 5.88. The second-order valence-corrected chi connectivity index (χ2v) is 8.35. The number of hydrogen-bond donors (Lipinski definition) is 2. The van der Waals surface area contributed by atoms with E-state index in [0.29, 0.717) is 39.6 Å². The highest BCUT2D eigenvalue weighted by Crippen LogP contribution is 2.32. The predicted molar refractivity (Wildman–Crippen MR) is 135 cm³/mol. The number of pyridine rings is 1. The van der Waals surface area contributed by atoms with E-state index in [2.05, 4.69) is 4.98 Å². The van der Waals surface area contributed by atoms with Crippen LogP contribution in [0.2, 0.25) is 0 Å². The number of carbonyl (C=O) groups excluding carboxylic acids is 2. The molecule has 0 fully saturated rings. The third-order valence-corrected chi connectivity index (χ3v) is 5.88. The Morgan fingerprint density at radius 2 is 1.68 bits per heavy atom. The Bertz CT molecular complexity index is 1260. The summed E-state index contributed by atoms with van der Waals surface area (Å²) in [7, 11) is 2.91. The smallest absolute Gasteiger partial charge is 0.184 e. The Morgan fingerprint density at radius 1 is 0.946 bits per heavy atom. The fourth-order valence-electron chi connectivity index (χ4n) is 3.90. The van der Waals surface area contributed by atoms with Gasteiger partial charge in [0.05, 0.1) is 20.8 Å². The van der Waals surface area contributed by atoms with E-state index >= 15 is 0 Å². The lowest BCUT2D eigenvalue weighted by Gasteiger charge is -2.16. The largest absolute Gasteiger partial charge is 0.494 e. The average Bonchev–Trinajstić information content (AvgIpc) is 2.92. The van der Waals surface area contributed by atoms with Gasteiger partial charge in [-0.3, -0.25) is 9.59 Å². The molecule has 0 aliphatic rings. The Labute approximate surface area is 214 Å². The van der Waals surface area contributed by atoms with Crippen LogP contribution in [0, 0.1) is 18.7 Å². The summed E-state index contributed by atoms with van der Waals surface area (Å²) in [6.45, 7) is 1.24. The highest BCUT2D eigenvalue weighted by Gasteiger charge is 2.26. The summed E-state index contributed by atoms with van der Waals surface area (Å²) >= 11 is 0. The normalized spacial score (nSPS) is 11.6. The lowest BCUT2D eigenvalue weighted by atomic mass is 9.90. The van der Waals surface area contributed by atoms with Crippen molar-refractivity contribution in [2.24, 2.45) is 5.92 Å². The van der Waals surface area contributed by atoms with Gasteiger partial charge in [0.15, 0.2) is 23.1 Å². The molecule has 0 radical (unpaired) electrons. The fraction of sp³-hybridized carbons (Fsp3) is 0.321. The number of halogens is 1. The molecule has 9 heteroatoms. The van der Waals surface area contributed by atoms with Crippen molar-refractivity contribution in [2.45, 2.75) is 19.8 Å². The maximum absolute atomic E-state index is 13.8. The zero-order valence-electron chi connectivity index (χ0n) is 21.0. The van der Waals surface area contributed by atoms with Gasteiger partial charge in [0.25, 0.3) is 0 Å². The van der Waals surface area contributed by atoms with Gasteiger partial charge >= 0.3 is 0 Å². The number of benzene rings is 2. The first-order valence-corrected chi connectivity index (χ1v) is 11.7. The molecule has 0 spiro atoms. The lowest BCUT2D eigenvalue weighted by molar-refractivity contribution is 0.0824. The molecule has 0 bridgehead atoms. The molecule has 2 aromatic carbocycles. The number of aliphatic hydroxyl groups excluding tert-OH is 2. The van der Waals surface area contributed by atoms with Crippen LogP contribution >= 0.6 is 0 Å². The molecule has 196 valence electrons. The second kappa shape index (κ2) is 12.9. The Kier molecular flexibility index (Phi) is 9.71. The van der Waals surface area contributed by atoms with Crippen LogP contribution in [0.15, 0.2) is 48.5 Å². The maximum Gasteiger partial charge on any atom is 0.184 e. The zero-order chi connectivity index (χ0) is 26.9. The van der Waals surface area contributed by atoms with E-state index in [1.165, 1.54) is 32.4 Å². The summed E-state index contributed by atoms with van der Waals surface area (Å²) in [6.07, 6.45) is -0.0871. The van der Waals surface area contributed by atoms with Gasteiger partial charge in [-0.25, -0.2) is 9.37 Å². The molecule has 1 atom stereocenters. The number of Topliss-reactive ketones (excluding diaryl/α,β-unsaturated/α-hetero) is 2. The van der Waals surface area contributed by atoms with E-state index in [1.54, 1.807) is 37.3 Å². The van der Waals surface area contributed by atoms with Crippen molar-refractivity contribution in [1.82, 2.24) is 4.98 Å². The number of carbonyl (C=O) groups is 2. The molecule has 0 unspecified atom stereocenters. The zero-order valence-corrected chi connectivity index (χ0v) is 21.0. The first-order chi connectivity index (χ1) is 17.8.